The van der Waals surface area contributed by atoms with Gasteiger partial charge in [0.2, 0.25) is 0 Å². The fourth-order valence-corrected chi connectivity index (χ4v) is 2.80. The van der Waals surface area contributed by atoms with Crippen LogP contribution in [0.2, 0.25) is 0 Å². The Balaban J connectivity index is 2.49. The van der Waals surface area contributed by atoms with Gasteiger partial charge >= 0.3 is 0 Å². The molecule has 1 aromatic carbocycles. The van der Waals surface area contributed by atoms with Gasteiger partial charge < -0.3 is 0 Å². The number of hydrogen-bond acceptors (Lipinski definition) is 2. The smallest absolute Gasteiger partial charge is 0.133 e. The third-order valence-electron chi connectivity index (χ3n) is 2.54. The summed E-state index contributed by atoms with van der Waals surface area (Å²) in [6.07, 6.45) is 1.88. The lowest BCUT2D eigenvalue weighted by atomic mass is 10.2. The summed E-state index contributed by atoms with van der Waals surface area (Å²) in [5.74, 6) is -0.193. The van der Waals surface area contributed by atoms with E-state index in [4.69, 9.17) is 0 Å². The van der Waals surface area contributed by atoms with E-state index < -0.39 is 0 Å². The summed E-state index contributed by atoms with van der Waals surface area (Å²) in [4.78, 5) is 5.77. The van der Waals surface area contributed by atoms with E-state index >= 15 is 0 Å². The summed E-state index contributed by atoms with van der Waals surface area (Å²) >= 11 is 1.60. The first-order chi connectivity index (χ1) is 7.76. The number of hydrogen-bond donors (Lipinski definition) is 0. The molecule has 16 heavy (non-hydrogen) atoms. The SMILES string of the molecule is CCc1nc(-c2ccccc2F)sc1CC. The van der Waals surface area contributed by atoms with Crippen LogP contribution in [0.15, 0.2) is 24.3 Å². The topological polar surface area (TPSA) is 12.9 Å². The van der Waals surface area contributed by atoms with Crippen molar-refractivity contribution in [2.45, 2.75) is 26.7 Å². The molecule has 0 aliphatic rings. The van der Waals surface area contributed by atoms with Gasteiger partial charge in [0.25, 0.3) is 0 Å². The normalized spacial score (nSPS) is 10.7. The van der Waals surface area contributed by atoms with E-state index in [1.54, 1.807) is 23.5 Å². The van der Waals surface area contributed by atoms with Crippen LogP contribution >= 0.6 is 11.3 Å². The molecule has 0 atom stereocenters. The number of thiazole rings is 1. The van der Waals surface area contributed by atoms with E-state index in [1.165, 1.54) is 10.9 Å². The van der Waals surface area contributed by atoms with E-state index in [-0.39, 0.29) is 5.82 Å². The standard InChI is InChI=1S/C13H14FNS/c1-3-11-12(4-2)16-13(15-11)9-7-5-6-8-10(9)14/h5-8H,3-4H2,1-2H3. The molecule has 0 amide bonds. The summed E-state index contributed by atoms with van der Waals surface area (Å²) in [7, 11) is 0. The van der Waals surface area contributed by atoms with E-state index in [9.17, 15) is 4.39 Å². The summed E-state index contributed by atoms with van der Waals surface area (Å²) in [5.41, 5.74) is 1.72. The van der Waals surface area contributed by atoms with Gasteiger partial charge in [-0.2, -0.15) is 0 Å². The Labute approximate surface area is 99.0 Å². The number of benzene rings is 1. The van der Waals surface area contributed by atoms with Gasteiger partial charge in [-0.15, -0.1) is 11.3 Å². The number of rotatable bonds is 3. The van der Waals surface area contributed by atoms with Gasteiger partial charge in [0.1, 0.15) is 10.8 Å². The second kappa shape index (κ2) is 4.74. The summed E-state index contributed by atoms with van der Waals surface area (Å²) in [5, 5.41) is 0.798. The molecule has 0 radical (unpaired) electrons. The lowest BCUT2D eigenvalue weighted by Gasteiger charge is -1.96. The van der Waals surface area contributed by atoms with Crippen molar-refractivity contribution in [3.63, 3.8) is 0 Å². The Morgan fingerprint density at radius 3 is 2.50 bits per heavy atom. The minimum absolute atomic E-state index is 0.193. The highest BCUT2D eigenvalue weighted by atomic mass is 32.1. The fraction of sp³-hybridized carbons (Fsp3) is 0.308. The molecule has 84 valence electrons. The zero-order valence-electron chi connectivity index (χ0n) is 9.46. The Bertz CT molecular complexity index is 469. The van der Waals surface area contributed by atoms with Crippen molar-refractivity contribution in [2.75, 3.05) is 0 Å². The van der Waals surface area contributed by atoms with Crippen molar-refractivity contribution in [3.05, 3.63) is 40.7 Å². The van der Waals surface area contributed by atoms with Gasteiger partial charge in [0.15, 0.2) is 0 Å². The molecule has 1 nitrogen and oxygen atoms in total. The van der Waals surface area contributed by atoms with Gasteiger partial charge in [-0.05, 0) is 25.0 Å². The van der Waals surface area contributed by atoms with E-state index in [1.807, 2.05) is 6.07 Å². The molecular weight excluding hydrogens is 221 g/mol. The quantitative estimate of drug-likeness (QED) is 0.781. The van der Waals surface area contributed by atoms with Gasteiger partial charge in [-0.25, -0.2) is 9.37 Å². The Kier molecular flexibility index (Phi) is 3.34. The average molecular weight is 235 g/mol. The monoisotopic (exact) mass is 235 g/mol. The zero-order chi connectivity index (χ0) is 11.5. The summed E-state index contributed by atoms with van der Waals surface area (Å²) in [6.45, 7) is 4.19. The third-order valence-corrected chi connectivity index (χ3v) is 3.81. The number of aryl methyl sites for hydroxylation is 2. The van der Waals surface area contributed by atoms with Crippen molar-refractivity contribution >= 4 is 11.3 Å². The first kappa shape index (κ1) is 11.3. The molecule has 0 bridgehead atoms. The molecule has 0 N–H and O–H groups in total. The number of halogens is 1. The maximum atomic E-state index is 13.6. The molecule has 0 fully saturated rings. The van der Waals surface area contributed by atoms with E-state index in [0.717, 1.165) is 23.5 Å². The van der Waals surface area contributed by atoms with Crippen LogP contribution in [0.3, 0.4) is 0 Å². The number of aromatic nitrogens is 1. The van der Waals surface area contributed by atoms with Crippen LogP contribution in [0.4, 0.5) is 4.39 Å². The highest BCUT2D eigenvalue weighted by Crippen LogP contribution is 2.30. The predicted octanol–water partition coefficient (Wildman–Crippen LogP) is 4.07. The molecule has 0 aliphatic heterocycles. The van der Waals surface area contributed by atoms with Gasteiger partial charge in [0.05, 0.1) is 5.69 Å². The molecule has 0 unspecified atom stereocenters. The van der Waals surface area contributed by atoms with Crippen LogP contribution in [0.1, 0.15) is 24.4 Å². The highest BCUT2D eigenvalue weighted by molar-refractivity contribution is 7.15. The van der Waals surface area contributed by atoms with Crippen LogP contribution in [0.25, 0.3) is 10.6 Å². The second-order valence-corrected chi connectivity index (χ2v) is 4.66. The van der Waals surface area contributed by atoms with E-state index in [2.05, 4.69) is 18.8 Å². The van der Waals surface area contributed by atoms with E-state index in [0.29, 0.717) is 5.56 Å². The van der Waals surface area contributed by atoms with Gasteiger partial charge in [0, 0.05) is 10.4 Å². The minimum atomic E-state index is -0.193. The maximum absolute atomic E-state index is 13.6. The fourth-order valence-electron chi connectivity index (χ4n) is 1.69. The Hall–Kier alpha value is -1.22. The molecule has 0 aliphatic carbocycles. The number of nitrogens with zero attached hydrogens (tertiary/aromatic N) is 1. The predicted molar refractivity (Wildman–Crippen MR) is 66.3 cm³/mol. The van der Waals surface area contributed by atoms with Crippen LogP contribution in [0, 0.1) is 5.82 Å². The molecule has 3 heteroatoms. The third kappa shape index (κ3) is 2.00. The molecule has 2 aromatic rings. The molecule has 0 saturated heterocycles. The van der Waals surface area contributed by atoms with Crippen molar-refractivity contribution in [3.8, 4) is 10.6 Å². The zero-order valence-corrected chi connectivity index (χ0v) is 10.3. The Morgan fingerprint density at radius 1 is 1.19 bits per heavy atom. The van der Waals surface area contributed by atoms with Crippen LogP contribution < -0.4 is 0 Å². The maximum Gasteiger partial charge on any atom is 0.133 e. The summed E-state index contributed by atoms with van der Waals surface area (Å²) < 4.78 is 13.6. The minimum Gasteiger partial charge on any atom is -0.241 e. The van der Waals surface area contributed by atoms with Crippen LogP contribution in [0.5, 0.6) is 0 Å². The highest BCUT2D eigenvalue weighted by Gasteiger charge is 2.12. The molecule has 2 rings (SSSR count). The second-order valence-electron chi connectivity index (χ2n) is 3.58. The molecule has 0 saturated carbocycles. The van der Waals surface area contributed by atoms with Crippen molar-refractivity contribution in [2.24, 2.45) is 0 Å². The lowest BCUT2D eigenvalue weighted by molar-refractivity contribution is 0.631. The molecule has 1 aromatic heterocycles. The van der Waals surface area contributed by atoms with Crippen molar-refractivity contribution < 1.29 is 4.39 Å². The Morgan fingerprint density at radius 2 is 1.94 bits per heavy atom. The van der Waals surface area contributed by atoms with Gasteiger partial charge in [-0.3, -0.25) is 0 Å². The lowest BCUT2D eigenvalue weighted by Crippen LogP contribution is -1.86. The average Bonchev–Trinajstić information content (AvgIpc) is 2.72. The molecule has 1 heterocycles. The first-order valence-electron chi connectivity index (χ1n) is 5.49. The molecular formula is C13H14FNS. The first-order valence-corrected chi connectivity index (χ1v) is 6.31. The largest absolute Gasteiger partial charge is 0.241 e. The van der Waals surface area contributed by atoms with Crippen LogP contribution in [-0.2, 0) is 12.8 Å². The summed E-state index contributed by atoms with van der Waals surface area (Å²) in [6, 6.07) is 6.81. The van der Waals surface area contributed by atoms with Gasteiger partial charge in [-0.1, -0.05) is 26.0 Å². The van der Waals surface area contributed by atoms with Crippen LogP contribution in [-0.4, -0.2) is 4.98 Å². The van der Waals surface area contributed by atoms with Crippen molar-refractivity contribution in [1.82, 2.24) is 4.98 Å². The molecule has 0 spiro atoms. The van der Waals surface area contributed by atoms with Crippen molar-refractivity contribution in [1.29, 1.82) is 0 Å².